The number of amides is 1. The van der Waals surface area contributed by atoms with Gasteiger partial charge in [0.2, 0.25) is 0 Å². The van der Waals surface area contributed by atoms with Crippen LogP contribution in [0.15, 0.2) is 59.6 Å². The third kappa shape index (κ3) is 5.73. The number of anilines is 1. The minimum Gasteiger partial charge on any atom is -0.465 e. The number of hydrogen-bond donors (Lipinski definition) is 2. The number of alkyl halides is 3. The van der Waals surface area contributed by atoms with Gasteiger partial charge in [0, 0.05) is 19.8 Å². The molecule has 9 nitrogen and oxygen atoms in total. The molecule has 0 fully saturated rings. The Hall–Kier alpha value is -3.87. The molecule has 0 aliphatic carbocycles. The van der Waals surface area contributed by atoms with Gasteiger partial charge in [0.15, 0.2) is 0 Å². The molecule has 1 aromatic heterocycles. The van der Waals surface area contributed by atoms with Crippen molar-refractivity contribution in [2.75, 3.05) is 11.8 Å². The Morgan fingerprint density at radius 1 is 1.12 bits per heavy atom. The van der Waals surface area contributed by atoms with Gasteiger partial charge in [0.1, 0.15) is 5.69 Å². The smallest absolute Gasteiger partial charge is 0.416 e. The van der Waals surface area contributed by atoms with Crippen LogP contribution in [-0.4, -0.2) is 37.2 Å². The number of methoxy groups -OCH3 is 1. The zero-order valence-electron chi connectivity index (χ0n) is 17.9. The van der Waals surface area contributed by atoms with Gasteiger partial charge in [-0.05, 0) is 48.0 Å². The number of ether oxygens (including phenoxy) is 1. The second kappa shape index (κ2) is 9.55. The second-order valence-corrected chi connectivity index (χ2v) is 8.75. The van der Waals surface area contributed by atoms with Gasteiger partial charge in [-0.15, -0.1) is 0 Å². The molecule has 0 saturated carbocycles. The molecule has 0 radical (unpaired) electrons. The highest BCUT2D eigenvalue weighted by Crippen LogP contribution is 2.31. The Labute approximate surface area is 192 Å². The molecule has 2 aromatic carbocycles. The van der Waals surface area contributed by atoms with Gasteiger partial charge in [-0.25, -0.2) is 13.2 Å². The molecular formula is C21H19F3N4O5S. The van der Waals surface area contributed by atoms with Crippen LogP contribution in [0.2, 0.25) is 0 Å². The van der Waals surface area contributed by atoms with Crippen molar-refractivity contribution in [3.63, 3.8) is 0 Å². The summed E-state index contributed by atoms with van der Waals surface area (Å²) >= 11 is 0. The van der Waals surface area contributed by atoms with E-state index in [2.05, 4.69) is 19.9 Å². The first-order chi connectivity index (χ1) is 15.9. The quantitative estimate of drug-likeness (QED) is 0.486. The van der Waals surface area contributed by atoms with E-state index in [9.17, 15) is 31.2 Å². The van der Waals surface area contributed by atoms with E-state index < -0.39 is 38.5 Å². The molecule has 0 atom stereocenters. The number of carbonyl (C=O) groups excluding carboxylic acids is 2. The molecular weight excluding hydrogens is 477 g/mol. The average molecular weight is 496 g/mol. The van der Waals surface area contributed by atoms with Crippen molar-refractivity contribution in [1.29, 1.82) is 0 Å². The Morgan fingerprint density at radius 3 is 2.47 bits per heavy atom. The first-order valence-electron chi connectivity index (χ1n) is 9.59. The molecule has 34 heavy (non-hydrogen) atoms. The molecule has 0 unspecified atom stereocenters. The van der Waals surface area contributed by atoms with Gasteiger partial charge in [-0.2, -0.15) is 18.3 Å². The topological polar surface area (TPSA) is 119 Å². The van der Waals surface area contributed by atoms with Crippen LogP contribution in [0.5, 0.6) is 0 Å². The molecule has 1 heterocycles. The van der Waals surface area contributed by atoms with Crippen LogP contribution in [0.3, 0.4) is 0 Å². The highest BCUT2D eigenvalue weighted by atomic mass is 32.2. The third-order valence-electron chi connectivity index (χ3n) is 4.64. The van der Waals surface area contributed by atoms with Crippen LogP contribution in [0.1, 0.15) is 32.0 Å². The summed E-state index contributed by atoms with van der Waals surface area (Å²) in [6.45, 7) is -0.0901. The molecule has 0 aliphatic rings. The molecule has 13 heteroatoms. The number of rotatable bonds is 7. The van der Waals surface area contributed by atoms with E-state index in [0.29, 0.717) is 11.6 Å². The Morgan fingerprint density at radius 2 is 1.85 bits per heavy atom. The number of hydrogen-bond acceptors (Lipinski definition) is 6. The maximum Gasteiger partial charge on any atom is 0.416 e. The summed E-state index contributed by atoms with van der Waals surface area (Å²) in [4.78, 5) is 23.8. The third-order valence-corrected chi connectivity index (χ3v) is 6.02. The number of carbonyl (C=O) groups is 2. The normalized spacial score (nSPS) is 11.7. The van der Waals surface area contributed by atoms with Crippen molar-refractivity contribution in [3.05, 3.63) is 77.1 Å². The summed E-state index contributed by atoms with van der Waals surface area (Å²) in [5, 5.41) is 6.51. The molecule has 0 aliphatic heterocycles. The lowest BCUT2D eigenvalue weighted by molar-refractivity contribution is -0.137. The van der Waals surface area contributed by atoms with Crippen molar-refractivity contribution >= 4 is 27.6 Å². The number of aromatic nitrogens is 2. The number of nitrogens with zero attached hydrogens (tertiary/aromatic N) is 2. The van der Waals surface area contributed by atoms with E-state index in [1.54, 1.807) is 7.05 Å². The fourth-order valence-corrected chi connectivity index (χ4v) is 4.10. The summed E-state index contributed by atoms with van der Waals surface area (Å²) in [5.41, 5.74) is -0.659. The fourth-order valence-electron chi connectivity index (χ4n) is 3.01. The zero-order chi connectivity index (χ0) is 25.1. The minimum atomic E-state index is -4.73. The highest BCUT2D eigenvalue weighted by molar-refractivity contribution is 7.92. The van der Waals surface area contributed by atoms with Gasteiger partial charge in [-0.3, -0.25) is 14.2 Å². The lowest BCUT2D eigenvalue weighted by atomic mass is 10.1. The van der Waals surface area contributed by atoms with Gasteiger partial charge in [0.05, 0.1) is 28.8 Å². The predicted molar refractivity (Wildman–Crippen MR) is 114 cm³/mol. The summed E-state index contributed by atoms with van der Waals surface area (Å²) in [7, 11) is -1.73. The monoisotopic (exact) mass is 496 g/mol. The lowest BCUT2D eigenvalue weighted by Crippen LogP contribution is -2.25. The van der Waals surface area contributed by atoms with E-state index in [1.807, 2.05) is 0 Å². The van der Waals surface area contributed by atoms with Crippen LogP contribution < -0.4 is 10.0 Å². The molecule has 3 rings (SSSR count). The number of sulfonamides is 1. The first kappa shape index (κ1) is 24.8. The number of nitrogens with one attached hydrogen (secondary N) is 2. The van der Waals surface area contributed by atoms with Crippen LogP contribution in [0.25, 0.3) is 0 Å². The predicted octanol–water partition coefficient (Wildman–Crippen LogP) is 2.96. The minimum absolute atomic E-state index is 0.0310. The first-order valence-corrected chi connectivity index (χ1v) is 11.1. The molecule has 3 aromatic rings. The molecule has 1 amide bonds. The number of aryl methyl sites for hydroxylation is 1. The van der Waals surface area contributed by atoms with E-state index in [1.165, 1.54) is 35.1 Å². The van der Waals surface area contributed by atoms with Crippen molar-refractivity contribution < 1.29 is 35.9 Å². The SMILES string of the molecule is COC(=O)c1cc(CNC(=O)c2ccnn2C)cc(NS(=O)(=O)c2cccc(C(F)(F)F)c2)c1. The van der Waals surface area contributed by atoms with Gasteiger partial charge >= 0.3 is 12.1 Å². The van der Waals surface area contributed by atoms with Gasteiger partial charge in [0.25, 0.3) is 15.9 Å². The summed E-state index contributed by atoms with van der Waals surface area (Å²) in [6.07, 6.45) is -3.29. The van der Waals surface area contributed by atoms with Crippen LogP contribution in [0, 0.1) is 0 Å². The summed E-state index contributed by atoms with van der Waals surface area (Å²) in [5.74, 6) is -1.24. The van der Waals surface area contributed by atoms with E-state index in [-0.39, 0.29) is 23.5 Å². The number of halogens is 3. The molecule has 0 bridgehead atoms. The van der Waals surface area contributed by atoms with E-state index >= 15 is 0 Å². The zero-order valence-corrected chi connectivity index (χ0v) is 18.7. The van der Waals surface area contributed by atoms with Crippen LogP contribution >= 0.6 is 0 Å². The molecule has 0 spiro atoms. The van der Waals surface area contributed by atoms with Crippen LogP contribution in [0.4, 0.5) is 18.9 Å². The van der Waals surface area contributed by atoms with Crippen molar-refractivity contribution in [2.24, 2.45) is 7.05 Å². The number of esters is 1. The fraction of sp³-hybridized carbons (Fsp3) is 0.190. The molecule has 2 N–H and O–H groups in total. The Balaban J connectivity index is 1.89. The van der Waals surface area contributed by atoms with Crippen molar-refractivity contribution in [2.45, 2.75) is 17.6 Å². The maximum absolute atomic E-state index is 13.0. The van der Waals surface area contributed by atoms with Crippen molar-refractivity contribution in [3.8, 4) is 0 Å². The Bertz CT molecular complexity index is 1340. The lowest BCUT2D eigenvalue weighted by Gasteiger charge is -2.13. The molecule has 0 saturated heterocycles. The van der Waals surface area contributed by atoms with E-state index in [4.69, 9.17) is 0 Å². The van der Waals surface area contributed by atoms with Crippen molar-refractivity contribution in [1.82, 2.24) is 15.1 Å². The second-order valence-electron chi connectivity index (χ2n) is 7.06. The summed E-state index contributed by atoms with van der Waals surface area (Å²) < 4.78 is 72.6. The largest absolute Gasteiger partial charge is 0.465 e. The highest BCUT2D eigenvalue weighted by Gasteiger charge is 2.31. The average Bonchev–Trinajstić information content (AvgIpc) is 3.22. The maximum atomic E-state index is 13.0. The van der Waals surface area contributed by atoms with Gasteiger partial charge in [-0.1, -0.05) is 6.07 Å². The molecule has 180 valence electrons. The summed E-state index contributed by atoms with van der Waals surface area (Å²) in [6, 6.07) is 8.62. The number of benzene rings is 2. The standard InChI is InChI=1S/C21H19F3N4O5S/c1-28-18(6-7-26-28)19(29)25-12-13-8-14(20(30)33-2)10-16(9-13)27-34(31,32)17-5-3-4-15(11-17)21(22,23)24/h3-11,27H,12H2,1-2H3,(H,25,29). The van der Waals surface area contributed by atoms with Gasteiger partial charge < -0.3 is 10.1 Å². The van der Waals surface area contributed by atoms with E-state index in [0.717, 1.165) is 25.3 Å². The van der Waals surface area contributed by atoms with Crippen LogP contribution in [-0.2, 0) is 34.5 Å². The Kier molecular flexibility index (Phi) is 6.96.